The molecule has 112 valence electrons. The molecular formula is C15H17FN2O3. The number of carbonyl (C=O) groups is 2. The number of ketones is 1. The molecule has 0 fully saturated rings. The molecule has 0 atom stereocenters. The molecule has 1 N–H and O–H groups in total. The number of methoxy groups -OCH3 is 1. The number of H-pyrrole nitrogens is 1. The summed E-state index contributed by atoms with van der Waals surface area (Å²) in [6.07, 6.45) is 1.40. The van der Waals surface area contributed by atoms with Gasteiger partial charge in [0.2, 0.25) is 0 Å². The number of amides is 1. The van der Waals surface area contributed by atoms with E-state index in [1.807, 2.05) is 13.8 Å². The summed E-state index contributed by atoms with van der Waals surface area (Å²) in [6, 6.07) is 2.35. The fraction of sp³-hybridized carbons (Fsp3) is 0.333. The molecule has 0 spiro atoms. The van der Waals surface area contributed by atoms with Crippen LogP contribution in [0.3, 0.4) is 0 Å². The van der Waals surface area contributed by atoms with E-state index in [9.17, 15) is 14.0 Å². The lowest BCUT2D eigenvalue weighted by Crippen LogP contribution is -2.38. The lowest BCUT2D eigenvalue weighted by atomic mass is 10.1. The van der Waals surface area contributed by atoms with Gasteiger partial charge < -0.3 is 14.6 Å². The van der Waals surface area contributed by atoms with E-state index in [2.05, 4.69) is 4.98 Å². The summed E-state index contributed by atoms with van der Waals surface area (Å²) in [5.74, 6) is -1.53. The first kappa shape index (κ1) is 15.0. The van der Waals surface area contributed by atoms with Crippen molar-refractivity contribution in [3.05, 3.63) is 29.7 Å². The summed E-state index contributed by atoms with van der Waals surface area (Å²) in [5.41, 5.74) is 0.592. The molecule has 1 amide bonds. The number of hydrogen-bond acceptors (Lipinski definition) is 3. The zero-order valence-electron chi connectivity index (χ0n) is 12.4. The second-order valence-corrected chi connectivity index (χ2v) is 5.07. The van der Waals surface area contributed by atoms with Crippen LogP contribution in [0.15, 0.2) is 18.3 Å². The zero-order valence-corrected chi connectivity index (χ0v) is 12.4. The minimum absolute atomic E-state index is 0.0917. The van der Waals surface area contributed by atoms with Crippen LogP contribution in [-0.4, -0.2) is 41.8 Å². The smallest absolute Gasteiger partial charge is 0.295 e. The minimum Gasteiger partial charge on any atom is -0.496 e. The monoisotopic (exact) mass is 292 g/mol. The minimum atomic E-state index is -0.651. The highest BCUT2D eigenvalue weighted by Crippen LogP contribution is 2.30. The topological polar surface area (TPSA) is 62.4 Å². The van der Waals surface area contributed by atoms with Gasteiger partial charge in [-0.25, -0.2) is 4.39 Å². The van der Waals surface area contributed by atoms with Crippen molar-refractivity contribution in [2.24, 2.45) is 0 Å². The van der Waals surface area contributed by atoms with E-state index >= 15 is 0 Å². The van der Waals surface area contributed by atoms with Crippen molar-refractivity contribution >= 4 is 22.6 Å². The molecule has 1 aromatic carbocycles. The molecule has 0 radical (unpaired) electrons. The SMILES string of the molecule is COc1cc(F)cc2[nH]cc(C(=O)C(=O)N(C)C(C)C)c12. The van der Waals surface area contributed by atoms with Gasteiger partial charge in [-0.15, -0.1) is 0 Å². The van der Waals surface area contributed by atoms with Gasteiger partial charge >= 0.3 is 0 Å². The molecule has 0 saturated heterocycles. The predicted molar refractivity (Wildman–Crippen MR) is 77.0 cm³/mol. The normalized spacial score (nSPS) is 11.0. The summed E-state index contributed by atoms with van der Waals surface area (Å²) in [5, 5.41) is 0.411. The van der Waals surface area contributed by atoms with Gasteiger partial charge in [-0.3, -0.25) is 9.59 Å². The Balaban J connectivity index is 2.52. The van der Waals surface area contributed by atoms with Gasteiger partial charge in [-0.05, 0) is 19.9 Å². The van der Waals surface area contributed by atoms with Crippen LogP contribution < -0.4 is 4.74 Å². The first-order valence-corrected chi connectivity index (χ1v) is 6.53. The summed E-state index contributed by atoms with van der Waals surface area (Å²) < 4.78 is 18.5. The number of nitrogens with one attached hydrogen (secondary N) is 1. The van der Waals surface area contributed by atoms with Gasteiger partial charge in [-0.1, -0.05) is 0 Å². The number of Topliss-reactive ketones (excluding diaryl/α,β-unsaturated/α-hetero) is 1. The van der Waals surface area contributed by atoms with Crippen molar-refractivity contribution in [1.29, 1.82) is 0 Å². The van der Waals surface area contributed by atoms with Crippen LogP contribution in [0.25, 0.3) is 10.9 Å². The Kier molecular flexibility index (Phi) is 3.97. The summed E-state index contributed by atoms with van der Waals surface area (Å²) in [7, 11) is 2.95. The molecule has 0 aliphatic carbocycles. The highest BCUT2D eigenvalue weighted by atomic mass is 19.1. The summed E-state index contributed by atoms with van der Waals surface area (Å²) in [6.45, 7) is 3.63. The first-order valence-electron chi connectivity index (χ1n) is 6.53. The summed E-state index contributed by atoms with van der Waals surface area (Å²) in [4.78, 5) is 28.7. The highest BCUT2D eigenvalue weighted by Gasteiger charge is 2.26. The Morgan fingerprint density at radius 2 is 2.00 bits per heavy atom. The van der Waals surface area contributed by atoms with Gasteiger partial charge in [0, 0.05) is 25.4 Å². The number of ether oxygens (including phenoxy) is 1. The largest absolute Gasteiger partial charge is 0.496 e. The molecule has 0 saturated carbocycles. The molecule has 0 unspecified atom stereocenters. The van der Waals surface area contributed by atoms with Gasteiger partial charge in [0.15, 0.2) is 0 Å². The van der Waals surface area contributed by atoms with Crippen LogP contribution in [0, 0.1) is 5.82 Å². The fourth-order valence-electron chi connectivity index (χ4n) is 2.05. The lowest BCUT2D eigenvalue weighted by Gasteiger charge is -2.20. The van der Waals surface area contributed by atoms with Gasteiger partial charge in [0.05, 0.1) is 23.6 Å². The van der Waals surface area contributed by atoms with Crippen LogP contribution >= 0.6 is 0 Å². The van der Waals surface area contributed by atoms with E-state index in [0.717, 1.165) is 0 Å². The average molecular weight is 292 g/mol. The van der Waals surface area contributed by atoms with Crippen molar-refractivity contribution in [1.82, 2.24) is 9.88 Å². The second kappa shape index (κ2) is 5.55. The Labute approximate surface area is 121 Å². The zero-order chi connectivity index (χ0) is 15.7. The molecule has 5 nitrogen and oxygen atoms in total. The molecule has 6 heteroatoms. The third-order valence-corrected chi connectivity index (χ3v) is 3.46. The van der Waals surface area contributed by atoms with Gasteiger partial charge in [0.25, 0.3) is 11.7 Å². The third-order valence-electron chi connectivity index (χ3n) is 3.46. The maximum Gasteiger partial charge on any atom is 0.295 e. The predicted octanol–water partition coefficient (Wildman–Crippen LogP) is 2.37. The average Bonchev–Trinajstić information content (AvgIpc) is 2.87. The van der Waals surface area contributed by atoms with Crippen molar-refractivity contribution < 1.29 is 18.7 Å². The summed E-state index contributed by atoms with van der Waals surface area (Å²) >= 11 is 0. The third kappa shape index (κ3) is 2.61. The Morgan fingerprint density at radius 3 is 2.57 bits per heavy atom. The number of halogens is 1. The fourth-order valence-corrected chi connectivity index (χ4v) is 2.05. The van der Waals surface area contributed by atoms with Crippen LogP contribution in [0.2, 0.25) is 0 Å². The number of aromatic amines is 1. The second-order valence-electron chi connectivity index (χ2n) is 5.07. The van der Waals surface area contributed by atoms with E-state index in [1.165, 1.54) is 30.3 Å². The maximum absolute atomic E-state index is 13.4. The number of hydrogen-bond donors (Lipinski definition) is 1. The molecule has 2 aromatic rings. The molecule has 0 aliphatic rings. The van der Waals surface area contributed by atoms with E-state index in [1.54, 1.807) is 7.05 Å². The van der Waals surface area contributed by atoms with Crippen molar-refractivity contribution in [2.45, 2.75) is 19.9 Å². The van der Waals surface area contributed by atoms with Crippen LogP contribution in [0.1, 0.15) is 24.2 Å². The quantitative estimate of drug-likeness (QED) is 0.695. The van der Waals surface area contributed by atoms with E-state index in [0.29, 0.717) is 10.9 Å². The van der Waals surface area contributed by atoms with Crippen molar-refractivity contribution in [3.63, 3.8) is 0 Å². The Bertz CT molecular complexity index is 706. The standard InChI is InChI=1S/C15H17FN2O3/c1-8(2)18(3)15(20)14(19)10-7-17-11-5-9(16)6-12(21-4)13(10)11/h5-8,17H,1-4H3. The highest BCUT2D eigenvalue weighted by molar-refractivity contribution is 6.45. The molecule has 2 rings (SSSR count). The number of rotatable bonds is 4. The Hall–Kier alpha value is -2.37. The van der Waals surface area contributed by atoms with Crippen LogP contribution in [0.5, 0.6) is 5.75 Å². The van der Waals surface area contributed by atoms with Crippen LogP contribution in [0.4, 0.5) is 4.39 Å². The van der Waals surface area contributed by atoms with Gasteiger partial charge in [-0.2, -0.15) is 0 Å². The van der Waals surface area contributed by atoms with E-state index in [4.69, 9.17) is 4.74 Å². The number of carbonyl (C=O) groups excluding carboxylic acids is 2. The number of likely N-dealkylation sites (N-methyl/N-ethyl adjacent to an activating group) is 1. The van der Waals surface area contributed by atoms with Crippen LogP contribution in [-0.2, 0) is 4.79 Å². The maximum atomic E-state index is 13.4. The number of benzene rings is 1. The molecule has 0 bridgehead atoms. The molecular weight excluding hydrogens is 275 g/mol. The number of fused-ring (bicyclic) bond motifs is 1. The first-order chi connectivity index (χ1) is 9.86. The number of nitrogens with zero attached hydrogens (tertiary/aromatic N) is 1. The lowest BCUT2D eigenvalue weighted by molar-refractivity contribution is -0.126. The molecule has 1 aromatic heterocycles. The number of aromatic nitrogens is 1. The van der Waals surface area contributed by atoms with Gasteiger partial charge in [0.1, 0.15) is 11.6 Å². The molecule has 0 aliphatic heterocycles. The Morgan fingerprint density at radius 1 is 1.33 bits per heavy atom. The van der Waals surface area contributed by atoms with Crippen molar-refractivity contribution in [2.75, 3.05) is 14.2 Å². The molecule has 21 heavy (non-hydrogen) atoms. The van der Waals surface area contributed by atoms with E-state index < -0.39 is 17.5 Å². The van der Waals surface area contributed by atoms with E-state index in [-0.39, 0.29) is 17.4 Å². The molecule has 1 heterocycles. The van der Waals surface area contributed by atoms with Crippen molar-refractivity contribution in [3.8, 4) is 5.75 Å².